The number of nitrogens with one attached hydrogen (secondary N) is 1. The smallest absolute Gasteiger partial charge is 0.321 e. The molecule has 5 nitrogen and oxygen atoms in total. The molecule has 0 saturated heterocycles. The second-order valence-corrected chi connectivity index (χ2v) is 6.75. The van der Waals surface area contributed by atoms with Gasteiger partial charge in [-0.25, -0.2) is 8.42 Å². The molecule has 19 heavy (non-hydrogen) atoms. The highest BCUT2D eigenvalue weighted by Gasteiger charge is 2.26. The van der Waals surface area contributed by atoms with Gasteiger partial charge >= 0.3 is 5.97 Å². The van der Waals surface area contributed by atoms with Gasteiger partial charge in [0.1, 0.15) is 6.04 Å². The lowest BCUT2D eigenvalue weighted by Crippen LogP contribution is -2.41. The zero-order valence-corrected chi connectivity index (χ0v) is 12.2. The first-order valence-corrected chi connectivity index (χ1v) is 7.59. The third kappa shape index (κ3) is 4.81. The summed E-state index contributed by atoms with van der Waals surface area (Å²) in [4.78, 5) is 11.0. The van der Waals surface area contributed by atoms with Crippen LogP contribution < -0.4 is 4.72 Å². The summed E-state index contributed by atoms with van der Waals surface area (Å²) < 4.78 is 26.3. The number of rotatable bonds is 6. The summed E-state index contributed by atoms with van der Waals surface area (Å²) in [6, 6.07) is 4.53. The summed E-state index contributed by atoms with van der Waals surface area (Å²) in [6.45, 7) is 3.65. The van der Waals surface area contributed by atoms with Crippen LogP contribution in [-0.4, -0.2) is 25.5 Å². The van der Waals surface area contributed by atoms with Crippen LogP contribution in [0.15, 0.2) is 29.2 Å². The van der Waals surface area contributed by atoms with Crippen LogP contribution in [0, 0.1) is 5.92 Å². The third-order valence-electron chi connectivity index (χ3n) is 2.41. The second-order valence-electron chi connectivity index (χ2n) is 4.60. The number of sulfonamides is 1. The molecule has 1 atom stereocenters. The monoisotopic (exact) mass is 305 g/mol. The maximum Gasteiger partial charge on any atom is 0.321 e. The van der Waals surface area contributed by atoms with Crippen LogP contribution in [0.2, 0.25) is 5.02 Å². The molecular formula is C12H16ClNO4S. The van der Waals surface area contributed by atoms with Crippen molar-refractivity contribution in [3.63, 3.8) is 0 Å². The minimum Gasteiger partial charge on any atom is -0.480 e. The molecule has 1 unspecified atom stereocenters. The van der Waals surface area contributed by atoms with Gasteiger partial charge in [-0.2, -0.15) is 4.72 Å². The van der Waals surface area contributed by atoms with Gasteiger partial charge in [-0.3, -0.25) is 4.79 Å². The molecule has 0 radical (unpaired) electrons. The molecule has 0 aromatic heterocycles. The van der Waals surface area contributed by atoms with Crippen molar-refractivity contribution in [3.8, 4) is 0 Å². The Hall–Kier alpha value is -1.11. The summed E-state index contributed by atoms with van der Waals surface area (Å²) in [7, 11) is -3.89. The number of carboxylic acid groups (broad SMARTS) is 1. The Bertz CT molecular complexity index is 557. The van der Waals surface area contributed by atoms with Crippen LogP contribution in [0.3, 0.4) is 0 Å². The fraction of sp³-hybridized carbons (Fsp3) is 0.417. The van der Waals surface area contributed by atoms with Gasteiger partial charge in [0.2, 0.25) is 10.0 Å². The molecule has 1 rings (SSSR count). The summed E-state index contributed by atoms with van der Waals surface area (Å²) >= 11 is 5.73. The Labute approximate surface area is 117 Å². The van der Waals surface area contributed by atoms with Gasteiger partial charge in [-0.15, -0.1) is 0 Å². The van der Waals surface area contributed by atoms with E-state index in [0.717, 1.165) is 0 Å². The van der Waals surface area contributed by atoms with E-state index in [-0.39, 0.29) is 22.3 Å². The van der Waals surface area contributed by atoms with E-state index in [1.165, 1.54) is 18.2 Å². The van der Waals surface area contributed by atoms with Crippen molar-refractivity contribution in [2.24, 2.45) is 5.92 Å². The highest BCUT2D eigenvalue weighted by Crippen LogP contribution is 2.16. The first-order chi connectivity index (χ1) is 8.72. The van der Waals surface area contributed by atoms with E-state index < -0.39 is 22.0 Å². The van der Waals surface area contributed by atoms with Crippen molar-refractivity contribution in [2.45, 2.75) is 31.2 Å². The van der Waals surface area contributed by atoms with Gasteiger partial charge in [-0.05, 0) is 30.5 Å². The molecule has 0 aliphatic heterocycles. The minimum absolute atomic E-state index is 0.0463. The first kappa shape index (κ1) is 15.9. The molecule has 0 heterocycles. The van der Waals surface area contributed by atoms with E-state index in [9.17, 15) is 13.2 Å². The number of halogens is 1. The molecule has 0 fully saturated rings. The van der Waals surface area contributed by atoms with E-state index in [1.54, 1.807) is 6.07 Å². The third-order valence-corrected chi connectivity index (χ3v) is 4.11. The lowest BCUT2D eigenvalue weighted by atomic mass is 10.1. The topological polar surface area (TPSA) is 83.5 Å². The fourth-order valence-electron chi connectivity index (χ4n) is 1.56. The Balaban J connectivity index is 2.97. The molecular weight excluding hydrogens is 290 g/mol. The highest BCUT2D eigenvalue weighted by atomic mass is 35.5. The van der Waals surface area contributed by atoms with Crippen molar-refractivity contribution in [1.82, 2.24) is 4.72 Å². The fourth-order valence-corrected chi connectivity index (χ4v) is 3.06. The number of benzene rings is 1. The van der Waals surface area contributed by atoms with Gasteiger partial charge in [-0.1, -0.05) is 31.5 Å². The molecule has 0 spiro atoms. The average molecular weight is 306 g/mol. The first-order valence-electron chi connectivity index (χ1n) is 5.73. The summed E-state index contributed by atoms with van der Waals surface area (Å²) in [5, 5.41) is 9.31. The van der Waals surface area contributed by atoms with E-state index in [0.29, 0.717) is 0 Å². The number of carboxylic acids is 1. The van der Waals surface area contributed by atoms with Crippen molar-refractivity contribution in [2.75, 3.05) is 0 Å². The van der Waals surface area contributed by atoms with Crippen molar-refractivity contribution in [3.05, 3.63) is 29.3 Å². The van der Waals surface area contributed by atoms with E-state index >= 15 is 0 Å². The summed E-state index contributed by atoms with van der Waals surface area (Å²) in [6.07, 6.45) is 0.217. The molecule has 0 amide bonds. The van der Waals surface area contributed by atoms with Gasteiger partial charge in [0.15, 0.2) is 0 Å². The van der Waals surface area contributed by atoms with E-state index in [4.69, 9.17) is 16.7 Å². The summed E-state index contributed by atoms with van der Waals surface area (Å²) in [5.74, 6) is -1.14. The highest BCUT2D eigenvalue weighted by molar-refractivity contribution is 7.89. The predicted molar refractivity (Wildman–Crippen MR) is 72.7 cm³/mol. The quantitative estimate of drug-likeness (QED) is 0.843. The van der Waals surface area contributed by atoms with Gasteiger partial charge in [0.25, 0.3) is 0 Å². The van der Waals surface area contributed by atoms with Gasteiger partial charge in [0.05, 0.1) is 4.90 Å². The molecule has 1 aromatic carbocycles. The number of hydrogen-bond donors (Lipinski definition) is 2. The molecule has 106 valence electrons. The van der Waals surface area contributed by atoms with Crippen LogP contribution in [0.1, 0.15) is 20.3 Å². The van der Waals surface area contributed by atoms with Crippen LogP contribution in [-0.2, 0) is 14.8 Å². The maximum atomic E-state index is 12.0. The molecule has 7 heteroatoms. The van der Waals surface area contributed by atoms with Gasteiger partial charge < -0.3 is 5.11 Å². The molecule has 0 aliphatic rings. The molecule has 0 aliphatic carbocycles. The number of hydrogen-bond acceptors (Lipinski definition) is 3. The number of carbonyl (C=O) groups is 1. The zero-order valence-electron chi connectivity index (χ0n) is 10.6. The molecule has 0 saturated carbocycles. The zero-order chi connectivity index (χ0) is 14.6. The van der Waals surface area contributed by atoms with Crippen LogP contribution in [0.25, 0.3) is 0 Å². The Morgan fingerprint density at radius 3 is 2.53 bits per heavy atom. The predicted octanol–water partition coefficient (Wildman–Crippen LogP) is 2.12. The normalized spacial score (nSPS) is 13.5. The van der Waals surface area contributed by atoms with Crippen LogP contribution >= 0.6 is 11.6 Å². The standard InChI is InChI=1S/C12H16ClNO4S/c1-8(2)6-11(12(15)16)14-19(17,18)10-5-3-4-9(13)7-10/h3-5,7-8,11,14H,6H2,1-2H3,(H,15,16). The minimum atomic E-state index is -3.89. The Morgan fingerprint density at radius 2 is 2.05 bits per heavy atom. The SMILES string of the molecule is CC(C)CC(NS(=O)(=O)c1cccc(Cl)c1)C(=O)O. The van der Waals surface area contributed by atoms with Crippen molar-refractivity contribution in [1.29, 1.82) is 0 Å². The average Bonchev–Trinajstić information content (AvgIpc) is 2.27. The largest absolute Gasteiger partial charge is 0.480 e. The second kappa shape index (κ2) is 6.36. The maximum absolute atomic E-state index is 12.0. The van der Waals surface area contributed by atoms with Gasteiger partial charge in [0, 0.05) is 5.02 Å². The lowest BCUT2D eigenvalue weighted by Gasteiger charge is -2.16. The summed E-state index contributed by atoms with van der Waals surface area (Å²) in [5.41, 5.74) is 0. The van der Waals surface area contributed by atoms with Crippen LogP contribution in [0.4, 0.5) is 0 Å². The van der Waals surface area contributed by atoms with Crippen LogP contribution in [0.5, 0.6) is 0 Å². The van der Waals surface area contributed by atoms with Crippen molar-refractivity contribution < 1.29 is 18.3 Å². The molecule has 0 bridgehead atoms. The Morgan fingerprint density at radius 1 is 1.42 bits per heavy atom. The molecule has 2 N–H and O–H groups in total. The van der Waals surface area contributed by atoms with Crippen molar-refractivity contribution >= 4 is 27.6 Å². The van der Waals surface area contributed by atoms with E-state index in [2.05, 4.69) is 4.72 Å². The lowest BCUT2D eigenvalue weighted by molar-refractivity contribution is -0.139. The number of aliphatic carboxylic acids is 1. The Kier molecular flexibility index (Phi) is 5.34. The molecule has 1 aromatic rings. The van der Waals surface area contributed by atoms with E-state index in [1.807, 2.05) is 13.8 Å².